The first kappa shape index (κ1) is 10.8. The van der Waals surface area contributed by atoms with E-state index in [9.17, 15) is 4.79 Å². The van der Waals surface area contributed by atoms with Gasteiger partial charge in [0.05, 0.1) is 12.3 Å². The first-order valence-electron chi connectivity index (χ1n) is 4.02. The Morgan fingerprint density at radius 2 is 2.36 bits per heavy atom. The highest BCUT2D eigenvalue weighted by Crippen LogP contribution is 2.08. The molecule has 1 heterocycles. The molecule has 0 atom stereocenters. The first-order valence-corrected chi connectivity index (χ1v) is 4.82. The van der Waals surface area contributed by atoms with Crippen LogP contribution in [-0.4, -0.2) is 23.3 Å². The summed E-state index contributed by atoms with van der Waals surface area (Å²) in [5, 5.41) is 7.46. The molecule has 5 heteroatoms. The molecule has 74 valence electrons. The maximum Gasteiger partial charge on any atom is 0.358 e. The van der Waals surface area contributed by atoms with Crippen LogP contribution in [-0.2, 0) is 9.53 Å². The second kappa shape index (κ2) is 4.85. The van der Waals surface area contributed by atoms with Crippen LogP contribution in [0.4, 0.5) is 0 Å². The van der Waals surface area contributed by atoms with Gasteiger partial charge in [-0.3, -0.25) is 10.4 Å². The molecule has 0 saturated carbocycles. The summed E-state index contributed by atoms with van der Waals surface area (Å²) >= 11 is 3.21. The van der Waals surface area contributed by atoms with Crippen molar-refractivity contribution < 1.29 is 9.53 Å². The molecule has 0 aromatic carbocycles. The van der Waals surface area contributed by atoms with Crippen molar-refractivity contribution in [2.24, 2.45) is 0 Å². The molecule has 0 bridgehead atoms. The van der Waals surface area contributed by atoms with Crippen LogP contribution in [0.15, 0.2) is 22.8 Å². The van der Waals surface area contributed by atoms with Gasteiger partial charge in [-0.2, -0.15) is 0 Å². The maximum absolute atomic E-state index is 11.1. The predicted octanol–water partition coefficient (Wildman–Crippen LogP) is 1.78. The number of hydrogen-bond donors (Lipinski definition) is 1. The highest BCUT2D eigenvalue weighted by Gasteiger charge is 2.13. The second-order valence-electron chi connectivity index (χ2n) is 2.46. The number of nitrogens with one attached hydrogen (secondary N) is 1. The molecule has 1 aromatic rings. The third-order valence-electron chi connectivity index (χ3n) is 1.46. The quantitative estimate of drug-likeness (QED) is 0.663. The average molecular weight is 257 g/mol. The molecule has 0 aliphatic rings. The zero-order chi connectivity index (χ0) is 10.6. The van der Waals surface area contributed by atoms with Crippen molar-refractivity contribution in [1.29, 1.82) is 5.41 Å². The van der Waals surface area contributed by atoms with Gasteiger partial charge < -0.3 is 4.74 Å². The maximum atomic E-state index is 11.1. The Morgan fingerprint density at radius 1 is 1.64 bits per heavy atom. The standard InChI is InChI=1S/C9H9BrN2O2/c1-2-14-9(13)8(11)7-4-3-6(10)5-12-7/h3-5,11H,2H2,1H3. The molecule has 4 nitrogen and oxygen atoms in total. The fourth-order valence-electron chi connectivity index (χ4n) is 0.832. The Kier molecular flexibility index (Phi) is 3.76. The monoisotopic (exact) mass is 256 g/mol. The molecule has 0 radical (unpaired) electrons. The van der Waals surface area contributed by atoms with E-state index < -0.39 is 5.97 Å². The van der Waals surface area contributed by atoms with E-state index >= 15 is 0 Å². The van der Waals surface area contributed by atoms with Crippen LogP contribution in [0.3, 0.4) is 0 Å². The molecule has 0 saturated heterocycles. The first-order chi connectivity index (χ1) is 6.65. The van der Waals surface area contributed by atoms with Crippen molar-refractivity contribution in [3.05, 3.63) is 28.5 Å². The molecule has 0 amide bonds. The highest BCUT2D eigenvalue weighted by atomic mass is 79.9. The number of ether oxygens (including phenoxy) is 1. The van der Waals surface area contributed by atoms with Crippen molar-refractivity contribution in [3.63, 3.8) is 0 Å². The Bertz CT molecular complexity index is 348. The second-order valence-corrected chi connectivity index (χ2v) is 3.37. The summed E-state index contributed by atoms with van der Waals surface area (Å²) in [7, 11) is 0. The lowest BCUT2D eigenvalue weighted by Gasteiger charge is -2.02. The molecule has 14 heavy (non-hydrogen) atoms. The van der Waals surface area contributed by atoms with Gasteiger partial charge >= 0.3 is 5.97 Å². The highest BCUT2D eigenvalue weighted by molar-refractivity contribution is 9.10. The van der Waals surface area contributed by atoms with Crippen LogP contribution in [0.25, 0.3) is 0 Å². The number of aromatic nitrogens is 1. The summed E-state index contributed by atoms with van der Waals surface area (Å²) in [6, 6.07) is 3.30. The summed E-state index contributed by atoms with van der Waals surface area (Å²) in [5.41, 5.74) is 0.0889. The lowest BCUT2D eigenvalue weighted by molar-refractivity contribution is -0.135. The number of rotatable bonds is 3. The fourth-order valence-corrected chi connectivity index (χ4v) is 1.07. The van der Waals surface area contributed by atoms with E-state index in [1.54, 1.807) is 19.1 Å². The minimum absolute atomic E-state index is 0.223. The molecule has 0 aliphatic heterocycles. The van der Waals surface area contributed by atoms with Gasteiger partial charge in [0.25, 0.3) is 0 Å². The number of hydrogen-bond acceptors (Lipinski definition) is 4. The summed E-state index contributed by atoms with van der Waals surface area (Å²) in [5.74, 6) is -0.651. The summed E-state index contributed by atoms with van der Waals surface area (Å²) in [4.78, 5) is 15.0. The van der Waals surface area contributed by atoms with Gasteiger partial charge in [0.15, 0.2) is 5.71 Å². The molecule has 0 fully saturated rings. The molecular weight excluding hydrogens is 248 g/mol. The van der Waals surface area contributed by atoms with Crippen molar-refractivity contribution in [2.75, 3.05) is 6.61 Å². The molecule has 1 rings (SSSR count). The molecule has 0 spiro atoms. The number of halogens is 1. The van der Waals surface area contributed by atoms with Gasteiger partial charge in [-0.15, -0.1) is 0 Å². The molecule has 0 aliphatic carbocycles. The van der Waals surface area contributed by atoms with Crippen molar-refractivity contribution in [3.8, 4) is 0 Å². The third kappa shape index (κ3) is 2.63. The number of nitrogens with zero attached hydrogens (tertiary/aromatic N) is 1. The van der Waals surface area contributed by atoms with Crippen LogP contribution in [0.1, 0.15) is 12.6 Å². The van der Waals surface area contributed by atoms with Gasteiger partial charge in [0, 0.05) is 10.7 Å². The van der Waals surface area contributed by atoms with Crippen LogP contribution in [0, 0.1) is 5.41 Å². The largest absolute Gasteiger partial charge is 0.461 e. The summed E-state index contributed by atoms with van der Waals surface area (Å²) in [6.45, 7) is 1.96. The zero-order valence-corrected chi connectivity index (χ0v) is 9.17. The van der Waals surface area contributed by atoms with Gasteiger partial charge in [-0.05, 0) is 35.0 Å². The topological polar surface area (TPSA) is 63.0 Å². The van der Waals surface area contributed by atoms with Crippen molar-refractivity contribution in [2.45, 2.75) is 6.92 Å². The van der Waals surface area contributed by atoms with E-state index in [1.807, 2.05) is 0 Å². The number of pyridine rings is 1. The number of carbonyl (C=O) groups is 1. The molecular formula is C9H9BrN2O2. The van der Waals surface area contributed by atoms with E-state index in [0.29, 0.717) is 5.69 Å². The minimum Gasteiger partial charge on any atom is -0.461 e. The predicted molar refractivity (Wildman–Crippen MR) is 55.4 cm³/mol. The fraction of sp³-hybridized carbons (Fsp3) is 0.222. The Hall–Kier alpha value is -1.23. The molecule has 1 aromatic heterocycles. The van der Waals surface area contributed by atoms with Crippen LogP contribution in [0.5, 0.6) is 0 Å². The lowest BCUT2D eigenvalue weighted by Crippen LogP contribution is -2.18. The van der Waals surface area contributed by atoms with Crippen molar-refractivity contribution in [1.82, 2.24) is 4.98 Å². The van der Waals surface area contributed by atoms with E-state index in [1.165, 1.54) is 6.20 Å². The van der Waals surface area contributed by atoms with E-state index in [2.05, 4.69) is 25.7 Å². The Morgan fingerprint density at radius 3 is 2.86 bits per heavy atom. The van der Waals surface area contributed by atoms with Crippen LogP contribution >= 0.6 is 15.9 Å². The van der Waals surface area contributed by atoms with Gasteiger partial charge in [0.2, 0.25) is 0 Å². The average Bonchev–Trinajstić information content (AvgIpc) is 2.18. The Labute approximate surface area is 89.9 Å². The summed E-state index contributed by atoms with van der Waals surface area (Å²) in [6.07, 6.45) is 1.53. The van der Waals surface area contributed by atoms with E-state index in [-0.39, 0.29) is 12.3 Å². The Balaban J connectivity index is 2.79. The van der Waals surface area contributed by atoms with E-state index in [0.717, 1.165) is 4.47 Å². The number of esters is 1. The minimum atomic E-state index is -0.651. The SMILES string of the molecule is CCOC(=O)C(=N)c1ccc(Br)cn1. The summed E-state index contributed by atoms with van der Waals surface area (Å²) < 4.78 is 5.48. The third-order valence-corrected chi connectivity index (χ3v) is 1.93. The van der Waals surface area contributed by atoms with Gasteiger partial charge in [0.1, 0.15) is 0 Å². The van der Waals surface area contributed by atoms with E-state index in [4.69, 9.17) is 5.41 Å². The zero-order valence-electron chi connectivity index (χ0n) is 7.58. The number of carbonyl (C=O) groups excluding carboxylic acids is 1. The van der Waals surface area contributed by atoms with Crippen LogP contribution < -0.4 is 0 Å². The van der Waals surface area contributed by atoms with Crippen LogP contribution in [0.2, 0.25) is 0 Å². The normalized spacial score (nSPS) is 9.57. The van der Waals surface area contributed by atoms with Gasteiger partial charge in [-0.25, -0.2) is 4.79 Å². The van der Waals surface area contributed by atoms with Gasteiger partial charge in [-0.1, -0.05) is 0 Å². The lowest BCUT2D eigenvalue weighted by atomic mass is 10.2. The van der Waals surface area contributed by atoms with Crippen molar-refractivity contribution >= 4 is 27.6 Å². The molecule has 1 N–H and O–H groups in total. The molecule has 0 unspecified atom stereocenters. The smallest absolute Gasteiger partial charge is 0.358 e.